The van der Waals surface area contributed by atoms with Gasteiger partial charge in [-0.25, -0.2) is 0 Å². The fourth-order valence-electron chi connectivity index (χ4n) is 2.93. The molecule has 162 valence electrons. The van der Waals surface area contributed by atoms with Gasteiger partial charge in [-0.15, -0.1) is 0 Å². The Labute approximate surface area is 195 Å². The molecule has 0 saturated carbocycles. The van der Waals surface area contributed by atoms with Gasteiger partial charge in [-0.05, 0) is 32.1 Å². The zero-order valence-electron chi connectivity index (χ0n) is 17.5. The third kappa shape index (κ3) is 22.6. The second-order valence-electron chi connectivity index (χ2n) is 7.17. The summed E-state index contributed by atoms with van der Waals surface area (Å²) < 4.78 is 27.0. The molecule has 0 bridgehead atoms. The number of allylic oxidation sites excluding steroid dienone is 2. The summed E-state index contributed by atoms with van der Waals surface area (Å²) in [6.07, 6.45) is 21.0. The van der Waals surface area contributed by atoms with E-state index in [1.807, 2.05) is 0 Å². The Balaban J connectivity index is 0. The molecule has 0 spiro atoms. The minimum atomic E-state index is -3.62. The molecule has 0 radical (unpaired) electrons. The second kappa shape index (κ2) is 22.0. The van der Waals surface area contributed by atoms with Gasteiger partial charge in [0, 0.05) is 19.9 Å². The van der Waals surface area contributed by atoms with E-state index in [1.54, 1.807) is 0 Å². The van der Waals surface area contributed by atoms with Crippen molar-refractivity contribution in [3.05, 3.63) is 12.2 Å². The van der Waals surface area contributed by atoms with Crippen molar-refractivity contribution in [3.63, 3.8) is 0 Å². The summed E-state index contributed by atoms with van der Waals surface area (Å²) in [6.45, 7) is 2.25. The van der Waals surface area contributed by atoms with Gasteiger partial charge in [0.1, 0.15) is 5.78 Å². The van der Waals surface area contributed by atoms with Gasteiger partial charge < -0.3 is 0 Å². The van der Waals surface area contributed by atoms with E-state index in [0.29, 0.717) is 6.42 Å². The van der Waals surface area contributed by atoms with E-state index in [0.717, 1.165) is 25.7 Å². The summed E-state index contributed by atoms with van der Waals surface area (Å²) in [4.78, 5) is 11.7. The Kier molecular flexibility index (Phi) is 23.9. The number of hydroxylamine groups is 1. The first kappa shape index (κ1) is 30.5. The van der Waals surface area contributed by atoms with Crippen LogP contribution in [0.25, 0.3) is 0 Å². The number of hydrogen-bond acceptors (Lipinski definition) is 5. The SMILES string of the molecule is CCCCCCCC/C=C\CCCCCCCC(=O)CCS(=O)(=O)ONC.[NaH]. The number of unbranched alkanes of at least 4 members (excludes halogenated alkanes) is 11. The van der Waals surface area contributed by atoms with Gasteiger partial charge in [0.25, 0.3) is 10.1 Å². The summed E-state index contributed by atoms with van der Waals surface area (Å²) in [6, 6.07) is 0. The molecule has 0 aliphatic carbocycles. The van der Waals surface area contributed by atoms with Crippen LogP contribution in [0, 0.1) is 0 Å². The molecule has 0 aliphatic heterocycles. The van der Waals surface area contributed by atoms with Gasteiger partial charge in [-0.1, -0.05) is 70.4 Å². The molecule has 0 aliphatic rings. The predicted molar refractivity (Wildman–Crippen MR) is 120 cm³/mol. The van der Waals surface area contributed by atoms with E-state index in [-0.39, 0.29) is 47.5 Å². The standard InChI is InChI=1S/C21H41NO4S.Na.H/c1-3-4-5-6-7-8-9-10-11-12-13-14-15-16-17-18-21(23)19-20-27(24,25)26-22-2;;/h10-11,22H,3-9,12-20H2,1-2H3;;/b11-10-;;. The van der Waals surface area contributed by atoms with E-state index in [1.165, 1.54) is 64.8 Å². The first-order valence-corrected chi connectivity index (χ1v) is 12.3. The quantitative estimate of drug-likeness (QED) is 0.131. The van der Waals surface area contributed by atoms with Crippen molar-refractivity contribution < 1.29 is 17.5 Å². The number of carbonyl (C=O) groups is 1. The topological polar surface area (TPSA) is 72.5 Å². The summed E-state index contributed by atoms with van der Waals surface area (Å²) in [5, 5.41) is 0. The van der Waals surface area contributed by atoms with Gasteiger partial charge in [0.05, 0.1) is 5.75 Å². The first-order valence-electron chi connectivity index (χ1n) is 10.8. The van der Waals surface area contributed by atoms with Crippen LogP contribution in [0.15, 0.2) is 12.2 Å². The molecule has 7 heteroatoms. The molecule has 0 aromatic carbocycles. The van der Waals surface area contributed by atoms with Gasteiger partial charge in [0.15, 0.2) is 0 Å². The predicted octanol–water partition coefficient (Wildman–Crippen LogP) is 4.82. The molecule has 28 heavy (non-hydrogen) atoms. The van der Waals surface area contributed by atoms with Crippen LogP contribution in [0.4, 0.5) is 0 Å². The van der Waals surface area contributed by atoms with Gasteiger partial charge >= 0.3 is 29.6 Å². The molecule has 0 unspecified atom stereocenters. The zero-order valence-corrected chi connectivity index (χ0v) is 18.3. The first-order chi connectivity index (χ1) is 13.0. The molecule has 0 aromatic rings. The monoisotopic (exact) mass is 427 g/mol. The van der Waals surface area contributed by atoms with Crippen molar-refractivity contribution in [2.75, 3.05) is 12.8 Å². The Bertz CT molecular complexity index is 481. The average Bonchev–Trinajstić information content (AvgIpc) is 2.63. The van der Waals surface area contributed by atoms with Crippen LogP contribution in [-0.2, 0) is 19.2 Å². The molecule has 0 amide bonds. The molecule has 0 rings (SSSR count). The number of nitrogens with one attached hydrogen (secondary N) is 1. The summed E-state index contributed by atoms with van der Waals surface area (Å²) in [5.41, 5.74) is 2.13. The normalized spacial score (nSPS) is 11.6. The molecule has 5 nitrogen and oxygen atoms in total. The van der Waals surface area contributed by atoms with Crippen LogP contribution in [0.3, 0.4) is 0 Å². The number of carbonyl (C=O) groups excluding carboxylic acids is 1. The third-order valence-electron chi connectivity index (χ3n) is 4.56. The van der Waals surface area contributed by atoms with Crippen LogP contribution >= 0.6 is 0 Å². The van der Waals surface area contributed by atoms with E-state index in [4.69, 9.17) is 0 Å². The summed E-state index contributed by atoms with van der Waals surface area (Å²) in [5.74, 6) is -0.256. The minimum absolute atomic E-state index is 0. The van der Waals surface area contributed by atoms with Crippen LogP contribution < -0.4 is 5.48 Å². The number of rotatable bonds is 20. The van der Waals surface area contributed by atoms with Crippen molar-refractivity contribution in [2.24, 2.45) is 0 Å². The van der Waals surface area contributed by atoms with E-state index >= 15 is 0 Å². The van der Waals surface area contributed by atoms with E-state index in [2.05, 4.69) is 28.8 Å². The van der Waals surface area contributed by atoms with E-state index in [9.17, 15) is 13.2 Å². The number of Topliss-reactive ketones (excluding diaryl/α,β-unsaturated/α-hetero) is 1. The van der Waals surface area contributed by atoms with Crippen molar-refractivity contribution >= 4 is 45.5 Å². The van der Waals surface area contributed by atoms with Crippen molar-refractivity contribution in [1.82, 2.24) is 5.48 Å². The molecular weight excluding hydrogens is 385 g/mol. The van der Waals surface area contributed by atoms with Crippen LogP contribution in [0.1, 0.15) is 103 Å². The van der Waals surface area contributed by atoms with Crippen molar-refractivity contribution in [2.45, 2.75) is 103 Å². The Hall–Kier alpha value is 0.280. The van der Waals surface area contributed by atoms with Gasteiger partial charge in [-0.3, -0.25) is 4.79 Å². The number of hydrogen-bond donors (Lipinski definition) is 1. The Morgan fingerprint density at radius 3 is 1.86 bits per heavy atom. The van der Waals surface area contributed by atoms with Crippen LogP contribution in [0.5, 0.6) is 0 Å². The zero-order chi connectivity index (χ0) is 20.2. The average molecular weight is 428 g/mol. The second-order valence-corrected chi connectivity index (χ2v) is 8.86. The van der Waals surface area contributed by atoms with Crippen molar-refractivity contribution in [1.29, 1.82) is 0 Å². The van der Waals surface area contributed by atoms with E-state index < -0.39 is 10.1 Å². The molecule has 0 fully saturated rings. The molecule has 0 saturated heterocycles. The molecule has 0 aromatic heterocycles. The Morgan fingerprint density at radius 2 is 1.32 bits per heavy atom. The molecule has 0 atom stereocenters. The Morgan fingerprint density at radius 1 is 0.821 bits per heavy atom. The molecular formula is C21H42NNaO4S. The fraction of sp³-hybridized carbons (Fsp3) is 0.857. The summed E-state index contributed by atoms with van der Waals surface area (Å²) in [7, 11) is -2.25. The maximum atomic E-state index is 11.7. The van der Waals surface area contributed by atoms with Gasteiger partial charge in [0.2, 0.25) is 0 Å². The van der Waals surface area contributed by atoms with Gasteiger partial charge in [-0.2, -0.15) is 18.2 Å². The molecule has 1 N–H and O–H groups in total. The third-order valence-corrected chi connectivity index (χ3v) is 5.68. The maximum absolute atomic E-state index is 11.7. The van der Waals surface area contributed by atoms with Crippen LogP contribution in [-0.4, -0.2) is 56.6 Å². The fourth-order valence-corrected chi connectivity index (χ4v) is 3.74. The number of ketones is 1. The van der Waals surface area contributed by atoms with Crippen LogP contribution in [0.2, 0.25) is 0 Å². The summed E-state index contributed by atoms with van der Waals surface area (Å²) >= 11 is 0. The molecule has 0 heterocycles. The van der Waals surface area contributed by atoms with Crippen molar-refractivity contribution in [3.8, 4) is 0 Å².